The number of nitrogens with two attached hydrogens (primary N) is 1. The number of thioether (sulfide) groups is 1. The molecule has 9 nitrogen and oxygen atoms in total. The van der Waals surface area contributed by atoms with E-state index in [4.69, 9.17) is 20.3 Å². The van der Waals surface area contributed by atoms with E-state index in [0.717, 1.165) is 0 Å². The van der Waals surface area contributed by atoms with Gasteiger partial charge in [-0.3, -0.25) is 9.59 Å². The van der Waals surface area contributed by atoms with Crippen LogP contribution in [0.2, 0.25) is 0 Å². The number of carbonyl (C=O) groups excluding carboxylic acids is 1. The molecule has 4 aliphatic rings. The maximum Gasteiger partial charge on any atom is 0.321 e. The lowest BCUT2D eigenvalue weighted by molar-refractivity contribution is -0.266. The minimum atomic E-state index is -1.47. The van der Waals surface area contributed by atoms with Gasteiger partial charge in [0.05, 0.1) is 30.8 Å². The molecule has 6 N–H and O–H groups in total. The van der Waals surface area contributed by atoms with Crippen molar-refractivity contribution in [2.45, 2.75) is 61.6 Å². The zero-order valence-corrected chi connectivity index (χ0v) is 16.6. The van der Waals surface area contributed by atoms with Crippen molar-refractivity contribution in [3.63, 3.8) is 0 Å². The third-order valence-corrected chi connectivity index (χ3v) is 9.28. The molecule has 2 aliphatic carbocycles. The highest BCUT2D eigenvalue weighted by Gasteiger charge is 2.84. The molecule has 2 bridgehead atoms. The number of carboxylic acids is 1. The van der Waals surface area contributed by atoms with E-state index < -0.39 is 76.4 Å². The van der Waals surface area contributed by atoms with Crippen molar-refractivity contribution < 1.29 is 39.5 Å². The Hall–Kier alpha value is -0.750. The van der Waals surface area contributed by atoms with Crippen LogP contribution < -0.4 is 5.73 Å². The Labute approximate surface area is 166 Å². The fourth-order valence-electron chi connectivity index (χ4n) is 5.88. The first kappa shape index (κ1) is 20.5. The van der Waals surface area contributed by atoms with Crippen molar-refractivity contribution in [2.75, 3.05) is 19.0 Å². The molecule has 28 heavy (non-hydrogen) atoms. The molecule has 10 heteroatoms. The second-order valence-corrected chi connectivity index (χ2v) is 10.0. The first-order valence-corrected chi connectivity index (χ1v) is 10.5. The van der Waals surface area contributed by atoms with E-state index in [0.29, 0.717) is 6.61 Å². The van der Waals surface area contributed by atoms with E-state index in [9.17, 15) is 24.9 Å². The van der Waals surface area contributed by atoms with Crippen molar-refractivity contribution in [2.24, 2.45) is 22.5 Å². The van der Waals surface area contributed by atoms with E-state index in [1.165, 1.54) is 11.8 Å². The van der Waals surface area contributed by atoms with Crippen molar-refractivity contribution in [3.8, 4) is 0 Å². The highest BCUT2D eigenvalue weighted by Crippen LogP contribution is 2.72. The van der Waals surface area contributed by atoms with Crippen LogP contribution in [0.1, 0.15) is 20.3 Å². The van der Waals surface area contributed by atoms with Crippen LogP contribution in [0.3, 0.4) is 0 Å². The van der Waals surface area contributed by atoms with Gasteiger partial charge in [0.25, 0.3) is 0 Å². The van der Waals surface area contributed by atoms with Crippen LogP contribution in [0.25, 0.3) is 0 Å². The van der Waals surface area contributed by atoms with Crippen molar-refractivity contribution in [1.82, 2.24) is 0 Å². The first-order chi connectivity index (χ1) is 13.1. The van der Waals surface area contributed by atoms with Crippen LogP contribution in [0, 0.1) is 16.7 Å². The second kappa shape index (κ2) is 6.37. The molecule has 4 fully saturated rings. The molecule has 0 radical (unpaired) electrons. The summed E-state index contributed by atoms with van der Waals surface area (Å²) >= 11 is 1.20. The summed E-state index contributed by atoms with van der Waals surface area (Å²) in [7, 11) is 0. The minimum absolute atomic E-state index is 0.0562. The SMILES string of the molecule is C[C@H]1C(=O)[C@@H](O)[C@@]2(CO)[C@H](O[C@@H]3[C@H](O)C[C@@]2(C)[C@]32CO2)[C@@H]1SC[C@H](N)C(=O)O. The van der Waals surface area contributed by atoms with Gasteiger partial charge in [0, 0.05) is 22.3 Å². The predicted molar refractivity (Wildman–Crippen MR) is 97.6 cm³/mol. The number of rotatable bonds is 5. The third kappa shape index (κ3) is 2.25. The maximum atomic E-state index is 13.0. The molecule has 0 amide bonds. The molecule has 2 heterocycles. The lowest BCUT2D eigenvalue weighted by Gasteiger charge is -2.62. The van der Waals surface area contributed by atoms with Crippen LogP contribution in [0.15, 0.2) is 0 Å². The number of ether oxygens (including phenoxy) is 2. The molecule has 0 aromatic carbocycles. The monoisotopic (exact) mass is 417 g/mol. The van der Waals surface area contributed by atoms with Crippen LogP contribution in [0.5, 0.6) is 0 Å². The summed E-state index contributed by atoms with van der Waals surface area (Å²) in [6, 6.07) is -1.11. The van der Waals surface area contributed by atoms with Gasteiger partial charge in [-0.1, -0.05) is 13.8 Å². The fraction of sp³-hybridized carbons (Fsp3) is 0.889. The van der Waals surface area contributed by atoms with Crippen molar-refractivity contribution >= 4 is 23.5 Å². The molecule has 2 saturated heterocycles. The quantitative estimate of drug-likeness (QED) is 0.328. The van der Waals surface area contributed by atoms with Gasteiger partial charge in [-0.15, -0.1) is 0 Å². The van der Waals surface area contributed by atoms with E-state index in [-0.39, 0.29) is 12.2 Å². The molecule has 10 atom stereocenters. The smallest absolute Gasteiger partial charge is 0.321 e. The zero-order chi connectivity index (χ0) is 20.6. The number of fused-ring (bicyclic) bond motifs is 2. The van der Waals surface area contributed by atoms with E-state index in [1.54, 1.807) is 6.92 Å². The summed E-state index contributed by atoms with van der Waals surface area (Å²) in [5.41, 5.74) is 2.58. The molecule has 2 saturated carbocycles. The number of aliphatic carboxylic acids is 1. The number of carboxylic acid groups (broad SMARTS) is 1. The molecule has 0 aromatic rings. The number of aliphatic hydroxyl groups is 3. The maximum absolute atomic E-state index is 13.0. The number of carbonyl (C=O) groups is 2. The van der Waals surface area contributed by atoms with Crippen molar-refractivity contribution in [3.05, 3.63) is 0 Å². The van der Waals surface area contributed by atoms with Gasteiger partial charge in [-0.05, 0) is 6.42 Å². The Morgan fingerprint density at radius 2 is 2.04 bits per heavy atom. The Morgan fingerprint density at radius 1 is 1.39 bits per heavy atom. The molecule has 0 aromatic heterocycles. The highest BCUT2D eigenvalue weighted by molar-refractivity contribution is 8.00. The number of Topliss-reactive ketones (excluding diaryl/α,β-unsaturated/α-hetero) is 1. The first-order valence-electron chi connectivity index (χ1n) is 9.47. The lowest BCUT2D eigenvalue weighted by atomic mass is 9.49. The number of aliphatic hydroxyl groups excluding tert-OH is 3. The molecule has 4 rings (SSSR count). The van der Waals surface area contributed by atoms with Gasteiger partial charge in [0.2, 0.25) is 0 Å². The number of hydrogen-bond donors (Lipinski definition) is 5. The van der Waals surface area contributed by atoms with Crippen LogP contribution in [-0.4, -0.2) is 92.5 Å². The van der Waals surface area contributed by atoms with E-state index in [1.807, 2.05) is 6.92 Å². The highest BCUT2D eigenvalue weighted by atomic mass is 32.2. The molecular weight excluding hydrogens is 390 g/mol. The Kier molecular flexibility index (Phi) is 4.67. The summed E-state index contributed by atoms with van der Waals surface area (Å²) < 4.78 is 12.0. The van der Waals surface area contributed by atoms with Gasteiger partial charge in [0.15, 0.2) is 5.78 Å². The number of ketones is 1. The summed E-state index contributed by atoms with van der Waals surface area (Å²) in [5.74, 6) is -2.14. The summed E-state index contributed by atoms with van der Waals surface area (Å²) in [6.45, 7) is 3.32. The normalized spacial score (nSPS) is 53.1. The van der Waals surface area contributed by atoms with Gasteiger partial charge in [-0.25, -0.2) is 0 Å². The summed E-state index contributed by atoms with van der Waals surface area (Å²) in [5, 5.41) is 40.8. The Morgan fingerprint density at radius 3 is 2.57 bits per heavy atom. The summed E-state index contributed by atoms with van der Waals surface area (Å²) in [4.78, 5) is 24.1. The number of hydrogen-bond acceptors (Lipinski definition) is 9. The Balaban J connectivity index is 1.76. The van der Waals surface area contributed by atoms with E-state index in [2.05, 4.69) is 0 Å². The molecule has 0 unspecified atom stereocenters. The molecule has 158 valence electrons. The number of epoxide rings is 1. The topological polar surface area (TPSA) is 163 Å². The summed E-state index contributed by atoms with van der Waals surface area (Å²) in [6.07, 6.45) is -3.45. The second-order valence-electron chi connectivity index (χ2n) is 8.79. The predicted octanol–water partition coefficient (Wildman–Crippen LogP) is -1.63. The Bertz CT molecular complexity index is 701. The largest absolute Gasteiger partial charge is 0.480 e. The lowest BCUT2D eigenvalue weighted by Crippen LogP contribution is -2.75. The minimum Gasteiger partial charge on any atom is -0.480 e. The van der Waals surface area contributed by atoms with Gasteiger partial charge < -0.3 is 35.6 Å². The van der Waals surface area contributed by atoms with E-state index >= 15 is 0 Å². The van der Waals surface area contributed by atoms with Gasteiger partial charge in [-0.2, -0.15) is 11.8 Å². The van der Waals surface area contributed by atoms with Crippen LogP contribution in [-0.2, 0) is 19.1 Å². The van der Waals surface area contributed by atoms with Crippen LogP contribution in [0.4, 0.5) is 0 Å². The standard InChI is InChI=1S/C18H27NO8S/c1-7-10(22)12(23)17(5-20)14(11(7)28-4-8(19)15(24)25)27-13-9(21)3-16(17,2)18(13)6-26-18/h7-9,11-14,20-21,23H,3-6,19H2,1-2H3,(H,24,25)/t7-,8-,9+,11+,12+,13+,14+,16+,17-,18-/m0/s1. The zero-order valence-electron chi connectivity index (χ0n) is 15.8. The van der Waals surface area contributed by atoms with Gasteiger partial charge in [0.1, 0.15) is 23.9 Å². The van der Waals surface area contributed by atoms with Gasteiger partial charge >= 0.3 is 5.97 Å². The molecular formula is C18H27NO8S. The molecule has 1 spiro atoms. The average Bonchev–Trinajstić information content (AvgIpc) is 3.41. The van der Waals surface area contributed by atoms with Crippen LogP contribution >= 0.6 is 11.8 Å². The average molecular weight is 417 g/mol. The third-order valence-electron chi connectivity index (χ3n) is 7.69. The molecule has 2 aliphatic heterocycles. The van der Waals surface area contributed by atoms with Crippen molar-refractivity contribution in [1.29, 1.82) is 0 Å². The fourth-order valence-corrected chi connectivity index (χ4v) is 7.36.